The normalized spacial score (nSPS) is 12.9. The third kappa shape index (κ3) is 3.68. The van der Waals surface area contributed by atoms with Crippen molar-refractivity contribution in [3.8, 4) is 0 Å². The number of nitrogens with two attached hydrogens (primary N) is 1. The van der Waals surface area contributed by atoms with E-state index < -0.39 is 0 Å². The number of amidine groups is 1. The van der Waals surface area contributed by atoms with Crippen molar-refractivity contribution in [3.63, 3.8) is 0 Å². The summed E-state index contributed by atoms with van der Waals surface area (Å²) in [5.41, 5.74) is 7.82. The molecule has 0 aromatic heterocycles. The molecule has 2 aromatic rings. The Morgan fingerprint density at radius 2 is 1.60 bits per heavy atom. The highest BCUT2D eigenvalue weighted by Gasteiger charge is 2.18. The molecule has 0 aliphatic heterocycles. The van der Waals surface area contributed by atoms with Crippen LogP contribution in [0.15, 0.2) is 65.7 Å². The van der Waals surface area contributed by atoms with Crippen LogP contribution in [0.4, 0.5) is 0 Å². The van der Waals surface area contributed by atoms with Gasteiger partial charge in [-0.05, 0) is 22.7 Å². The lowest BCUT2D eigenvalue weighted by molar-refractivity contribution is 0.884. The van der Waals surface area contributed by atoms with Crippen molar-refractivity contribution in [2.45, 2.75) is 5.92 Å². The average molecular weight is 286 g/mol. The summed E-state index contributed by atoms with van der Waals surface area (Å²) in [7, 11) is 0. The van der Waals surface area contributed by atoms with Crippen molar-refractivity contribution >= 4 is 22.6 Å². The summed E-state index contributed by atoms with van der Waals surface area (Å²) in [6.07, 6.45) is 0. The Morgan fingerprint density at radius 3 is 2.15 bits per heavy atom. The zero-order valence-electron chi connectivity index (χ0n) is 11.0. The lowest BCUT2D eigenvalue weighted by atomic mass is 9.90. The first kappa shape index (κ1) is 14.3. The number of aliphatic imine (C=N–C) groups is 1. The summed E-state index contributed by atoms with van der Waals surface area (Å²) in [5.74, 6) is -0.157. The third-order valence-corrected chi connectivity index (χ3v) is 3.18. The number of nitrogens with zero attached hydrogens (tertiary/aromatic N) is 1. The van der Waals surface area contributed by atoms with Gasteiger partial charge in [0, 0.05) is 11.6 Å². The van der Waals surface area contributed by atoms with E-state index >= 15 is 0 Å². The van der Waals surface area contributed by atoms with E-state index in [1.807, 2.05) is 60.7 Å². The number of rotatable bonds is 5. The molecule has 0 aliphatic carbocycles. The predicted octanol–water partition coefficient (Wildman–Crippen LogP) is 3.39. The highest BCUT2D eigenvalue weighted by atomic mass is 35.5. The van der Waals surface area contributed by atoms with Crippen LogP contribution in [-0.2, 0) is 0 Å². The summed E-state index contributed by atoms with van der Waals surface area (Å²) >= 11 is 5.62. The molecule has 3 N–H and O–H groups in total. The second kappa shape index (κ2) is 6.87. The van der Waals surface area contributed by atoms with Gasteiger partial charge in [-0.2, -0.15) is 0 Å². The molecule has 0 fully saturated rings. The topological polar surface area (TPSA) is 62.2 Å². The highest BCUT2D eigenvalue weighted by molar-refractivity contribution is 6.64. The largest absolute Gasteiger partial charge is 0.374 e. The van der Waals surface area contributed by atoms with Crippen LogP contribution < -0.4 is 5.73 Å². The second-order valence-electron chi connectivity index (χ2n) is 4.41. The third-order valence-electron chi connectivity index (χ3n) is 3.06. The maximum atomic E-state index is 8.42. The highest BCUT2D eigenvalue weighted by Crippen LogP contribution is 2.21. The zero-order valence-corrected chi connectivity index (χ0v) is 11.7. The maximum absolute atomic E-state index is 8.42. The van der Waals surface area contributed by atoms with Crippen LogP contribution in [0.5, 0.6) is 0 Å². The Morgan fingerprint density at radius 1 is 1.05 bits per heavy atom. The molecule has 4 heteroatoms. The summed E-state index contributed by atoms with van der Waals surface area (Å²) in [6, 6.07) is 19.5. The quantitative estimate of drug-likeness (QED) is 0.494. The number of nitrogens with one attached hydrogen (secondary N) is 1. The van der Waals surface area contributed by atoms with Crippen LogP contribution in [-0.4, -0.2) is 17.6 Å². The molecule has 0 spiro atoms. The summed E-state index contributed by atoms with van der Waals surface area (Å²) in [5, 5.41) is 8.44. The van der Waals surface area contributed by atoms with Crippen molar-refractivity contribution in [2.24, 2.45) is 10.7 Å². The number of hydrogen-bond acceptors (Lipinski definition) is 2. The molecule has 2 rings (SSSR count). The van der Waals surface area contributed by atoms with Crippen LogP contribution in [0.1, 0.15) is 17.0 Å². The Balaban J connectivity index is 2.32. The van der Waals surface area contributed by atoms with E-state index in [0.717, 1.165) is 11.1 Å². The van der Waals surface area contributed by atoms with E-state index in [-0.39, 0.29) is 11.2 Å². The zero-order chi connectivity index (χ0) is 14.4. The molecule has 3 nitrogen and oxygen atoms in total. The summed E-state index contributed by atoms with van der Waals surface area (Å²) in [4.78, 5) is 4.07. The SMILES string of the molecule is N=C(c1ccccc1)C(CN=C(N)Cl)c1ccccc1. The van der Waals surface area contributed by atoms with Gasteiger partial charge in [-0.15, -0.1) is 0 Å². The van der Waals surface area contributed by atoms with Gasteiger partial charge in [-0.1, -0.05) is 60.7 Å². The first-order chi connectivity index (χ1) is 9.68. The number of hydrogen-bond donors (Lipinski definition) is 2. The van der Waals surface area contributed by atoms with Gasteiger partial charge in [0.15, 0.2) is 5.29 Å². The van der Waals surface area contributed by atoms with E-state index in [0.29, 0.717) is 12.3 Å². The lowest BCUT2D eigenvalue weighted by Gasteiger charge is -2.17. The Bertz CT molecular complexity index is 590. The molecule has 0 radical (unpaired) electrons. The molecule has 20 heavy (non-hydrogen) atoms. The molecule has 0 bridgehead atoms. The van der Waals surface area contributed by atoms with Gasteiger partial charge in [-0.25, -0.2) is 0 Å². The number of benzene rings is 2. The second-order valence-corrected chi connectivity index (χ2v) is 4.79. The van der Waals surface area contributed by atoms with E-state index in [2.05, 4.69) is 4.99 Å². The fraction of sp³-hybridized carbons (Fsp3) is 0.125. The van der Waals surface area contributed by atoms with Crippen molar-refractivity contribution in [1.29, 1.82) is 5.41 Å². The minimum absolute atomic E-state index is 0.0202. The molecule has 0 heterocycles. The van der Waals surface area contributed by atoms with E-state index in [4.69, 9.17) is 22.7 Å². The average Bonchev–Trinajstić information content (AvgIpc) is 2.49. The van der Waals surface area contributed by atoms with Crippen molar-refractivity contribution in [2.75, 3.05) is 6.54 Å². The van der Waals surface area contributed by atoms with Gasteiger partial charge in [0.2, 0.25) is 0 Å². The maximum Gasteiger partial charge on any atom is 0.188 e. The van der Waals surface area contributed by atoms with Crippen molar-refractivity contribution in [1.82, 2.24) is 0 Å². The van der Waals surface area contributed by atoms with Crippen LogP contribution in [0, 0.1) is 5.41 Å². The number of halogens is 1. The monoisotopic (exact) mass is 285 g/mol. The van der Waals surface area contributed by atoms with Gasteiger partial charge < -0.3 is 11.1 Å². The molecular weight excluding hydrogens is 270 g/mol. The van der Waals surface area contributed by atoms with Crippen molar-refractivity contribution < 1.29 is 0 Å². The standard InChI is InChI=1S/C16H16ClN3/c17-16(19)20-11-14(12-7-3-1-4-8-12)15(18)13-9-5-2-6-10-13/h1-10,14,18H,11H2,(H2,19,20). The minimum Gasteiger partial charge on any atom is -0.374 e. The first-order valence-electron chi connectivity index (χ1n) is 6.32. The lowest BCUT2D eigenvalue weighted by Crippen LogP contribution is -2.17. The molecule has 1 atom stereocenters. The molecule has 0 saturated heterocycles. The minimum atomic E-state index is -0.157. The summed E-state index contributed by atoms with van der Waals surface area (Å²) in [6.45, 7) is 0.368. The molecule has 0 saturated carbocycles. The van der Waals surface area contributed by atoms with Gasteiger partial charge in [-0.3, -0.25) is 4.99 Å². The Hall–Kier alpha value is -2.13. The van der Waals surface area contributed by atoms with Crippen molar-refractivity contribution in [3.05, 3.63) is 71.8 Å². The van der Waals surface area contributed by atoms with Crippen LogP contribution in [0.2, 0.25) is 0 Å². The molecule has 2 aromatic carbocycles. The summed E-state index contributed by atoms with van der Waals surface area (Å²) < 4.78 is 0. The fourth-order valence-corrected chi connectivity index (χ4v) is 2.12. The first-order valence-corrected chi connectivity index (χ1v) is 6.70. The fourth-order valence-electron chi connectivity index (χ4n) is 2.05. The Kier molecular flexibility index (Phi) is 4.91. The van der Waals surface area contributed by atoms with Gasteiger partial charge in [0.05, 0.1) is 6.54 Å². The molecular formula is C16H16ClN3. The van der Waals surface area contributed by atoms with Gasteiger partial charge in [0.25, 0.3) is 0 Å². The van der Waals surface area contributed by atoms with E-state index in [1.54, 1.807) is 0 Å². The van der Waals surface area contributed by atoms with Gasteiger partial charge in [0.1, 0.15) is 0 Å². The smallest absolute Gasteiger partial charge is 0.188 e. The molecule has 102 valence electrons. The van der Waals surface area contributed by atoms with Crippen LogP contribution in [0.25, 0.3) is 0 Å². The molecule has 0 amide bonds. The molecule has 1 unspecified atom stereocenters. The molecule has 0 aliphatic rings. The van der Waals surface area contributed by atoms with Gasteiger partial charge >= 0.3 is 0 Å². The Labute approximate surface area is 123 Å². The van der Waals surface area contributed by atoms with Crippen LogP contribution >= 0.6 is 11.6 Å². The van der Waals surface area contributed by atoms with E-state index in [9.17, 15) is 0 Å². The van der Waals surface area contributed by atoms with E-state index in [1.165, 1.54) is 0 Å². The predicted molar refractivity (Wildman–Crippen MR) is 84.8 cm³/mol. The van der Waals surface area contributed by atoms with Crippen LogP contribution in [0.3, 0.4) is 0 Å².